The van der Waals surface area contributed by atoms with E-state index in [1.807, 2.05) is 10.8 Å². The lowest BCUT2D eigenvalue weighted by Crippen LogP contribution is -2.28. The van der Waals surface area contributed by atoms with Crippen LogP contribution in [0.25, 0.3) is 0 Å². The van der Waals surface area contributed by atoms with Crippen molar-refractivity contribution in [2.45, 2.75) is 13.1 Å². The predicted octanol–water partition coefficient (Wildman–Crippen LogP) is 3.21. The van der Waals surface area contributed by atoms with E-state index < -0.39 is 0 Å². The molecule has 0 N–H and O–H groups in total. The molecule has 0 spiro atoms. The van der Waals surface area contributed by atoms with E-state index in [1.54, 1.807) is 22.3 Å². The maximum Gasteiger partial charge on any atom is 0.246 e. The summed E-state index contributed by atoms with van der Waals surface area (Å²) in [4.78, 5) is 13.5. The third-order valence-corrected chi connectivity index (χ3v) is 4.21. The number of hydrogen-bond acceptors (Lipinski definition) is 4. The maximum atomic E-state index is 11.8. The Kier molecular flexibility index (Phi) is 4.33. The van der Waals surface area contributed by atoms with E-state index in [2.05, 4.69) is 27.7 Å². The quantitative estimate of drug-likeness (QED) is 0.792. The Hall–Kier alpha value is -1.40. The molecule has 0 fully saturated rings. The standard InChI is InChI=1S/C12H11BrN2O2S/c1-2-12(16)15(6-10-3-4-17-14-10)5-9-7-18-8-11(9)13/h2-4,7-8H,1,5-6H2. The number of aromatic nitrogens is 1. The summed E-state index contributed by atoms with van der Waals surface area (Å²) in [5.74, 6) is -0.129. The van der Waals surface area contributed by atoms with Gasteiger partial charge in [0.25, 0.3) is 0 Å². The fraction of sp³-hybridized carbons (Fsp3) is 0.167. The molecule has 0 aliphatic carbocycles. The normalized spacial score (nSPS) is 10.3. The second kappa shape index (κ2) is 5.97. The van der Waals surface area contributed by atoms with Gasteiger partial charge in [-0.3, -0.25) is 4.79 Å². The Morgan fingerprint density at radius 1 is 1.56 bits per heavy atom. The van der Waals surface area contributed by atoms with Crippen molar-refractivity contribution >= 4 is 33.2 Å². The molecule has 0 aliphatic heterocycles. The minimum absolute atomic E-state index is 0.129. The van der Waals surface area contributed by atoms with Gasteiger partial charge in [-0.05, 0) is 32.9 Å². The topological polar surface area (TPSA) is 46.3 Å². The highest BCUT2D eigenvalue weighted by molar-refractivity contribution is 9.10. The summed E-state index contributed by atoms with van der Waals surface area (Å²) in [6.45, 7) is 4.44. The van der Waals surface area contributed by atoms with Crippen LogP contribution in [0.2, 0.25) is 0 Å². The van der Waals surface area contributed by atoms with Crippen molar-refractivity contribution in [2.24, 2.45) is 0 Å². The van der Waals surface area contributed by atoms with Crippen molar-refractivity contribution in [1.82, 2.24) is 10.1 Å². The maximum absolute atomic E-state index is 11.8. The zero-order chi connectivity index (χ0) is 13.0. The molecule has 0 unspecified atom stereocenters. The van der Waals surface area contributed by atoms with Crippen LogP contribution in [-0.4, -0.2) is 16.0 Å². The smallest absolute Gasteiger partial charge is 0.246 e. The highest BCUT2D eigenvalue weighted by Crippen LogP contribution is 2.23. The molecule has 1 amide bonds. The number of carbonyl (C=O) groups is 1. The van der Waals surface area contributed by atoms with Crippen LogP contribution in [0, 0.1) is 0 Å². The summed E-state index contributed by atoms with van der Waals surface area (Å²) in [6, 6.07) is 1.74. The molecule has 2 aromatic heterocycles. The van der Waals surface area contributed by atoms with E-state index >= 15 is 0 Å². The molecule has 0 aliphatic rings. The summed E-state index contributed by atoms with van der Waals surface area (Å²) >= 11 is 5.05. The molecule has 0 saturated heterocycles. The molecule has 0 atom stereocenters. The number of amides is 1. The van der Waals surface area contributed by atoms with Gasteiger partial charge in [0.15, 0.2) is 0 Å². The van der Waals surface area contributed by atoms with Gasteiger partial charge in [0, 0.05) is 22.5 Å². The van der Waals surface area contributed by atoms with Gasteiger partial charge >= 0.3 is 0 Å². The van der Waals surface area contributed by atoms with Crippen LogP contribution in [0.3, 0.4) is 0 Å². The largest absolute Gasteiger partial charge is 0.364 e. The minimum Gasteiger partial charge on any atom is -0.364 e. The number of hydrogen-bond donors (Lipinski definition) is 0. The van der Waals surface area contributed by atoms with E-state index in [-0.39, 0.29) is 5.91 Å². The van der Waals surface area contributed by atoms with Crippen LogP contribution in [0.1, 0.15) is 11.3 Å². The minimum atomic E-state index is -0.129. The van der Waals surface area contributed by atoms with Gasteiger partial charge in [0.05, 0.1) is 6.54 Å². The Morgan fingerprint density at radius 2 is 2.39 bits per heavy atom. The number of thiophene rings is 1. The van der Waals surface area contributed by atoms with Crippen LogP contribution in [0.15, 0.2) is 44.7 Å². The molecular weight excluding hydrogens is 316 g/mol. The monoisotopic (exact) mass is 326 g/mol. The summed E-state index contributed by atoms with van der Waals surface area (Å²) in [7, 11) is 0. The predicted molar refractivity (Wildman–Crippen MR) is 73.0 cm³/mol. The van der Waals surface area contributed by atoms with Crippen molar-refractivity contribution in [1.29, 1.82) is 0 Å². The first-order valence-electron chi connectivity index (χ1n) is 5.22. The Morgan fingerprint density at radius 3 is 2.94 bits per heavy atom. The van der Waals surface area contributed by atoms with Crippen LogP contribution < -0.4 is 0 Å². The van der Waals surface area contributed by atoms with Gasteiger partial charge in [0.1, 0.15) is 12.0 Å². The lowest BCUT2D eigenvalue weighted by Gasteiger charge is -2.19. The Labute approximate surface area is 117 Å². The molecule has 4 nitrogen and oxygen atoms in total. The molecule has 94 valence electrons. The van der Waals surface area contributed by atoms with Gasteiger partial charge in [0.2, 0.25) is 5.91 Å². The second-order valence-corrected chi connectivity index (χ2v) is 5.23. The lowest BCUT2D eigenvalue weighted by atomic mass is 10.3. The molecule has 2 heterocycles. The first kappa shape index (κ1) is 13.0. The van der Waals surface area contributed by atoms with Crippen molar-refractivity contribution in [3.05, 3.63) is 51.5 Å². The highest BCUT2D eigenvalue weighted by Gasteiger charge is 2.15. The molecule has 0 saturated carbocycles. The van der Waals surface area contributed by atoms with Crippen molar-refractivity contribution < 1.29 is 9.32 Å². The summed E-state index contributed by atoms with van der Waals surface area (Å²) in [6.07, 6.45) is 2.80. The third kappa shape index (κ3) is 3.08. The van der Waals surface area contributed by atoms with Crippen molar-refractivity contribution in [2.75, 3.05) is 0 Å². The van der Waals surface area contributed by atoms with E-state index in [9.17, 15) is 4.79 Å². The molecular formula is C12H11BrN2O2S. The molecule has 2 rings (SSSR count). The fourth-order valence-electron chi connectivity index (χ4n) is 1.48. The molecule has 0 radical (unpaired) electrons. The van der Waals surface area contributed by atoms with Gasteiger partial charge in [-0.15, -0.1) is 0 Å². The Balaban J connectivity index is 2.13. The molecule has 2 aromatic rings. The van der Waals surface area contributed by atoms with Crippen LogP contribution in [0.5, 0.6) is 0 Å². The number of carbonyl (C=O) groups excluding carboxylic acids is 1. The zero-order valence-electron chi connectivity index (χ0n) is 9.51. The average Bonchev–Trinajstić information content (AvgIpc) is 3.00. The van der Waals surface area contributed by atoms with Gasteiger partial charge < -0.3 is 9.42 Å². The van der Waals surface area contributed by atoms with Crippen molar-refractivity contribution in [3.8, 4) is 0 Å². The summed E-state index contributed by atoms with van der Waals surface area (Å²) < 4.78 is 5.78. The Bertz CT molecular complexity index is 536. The SMILES string of the molecule is C=CC(=O)N(Cc1ccon1)Cc1cscc1Br. The average molecular weight is 327 g/mol. The fourth-order valence-corrected chi connectivity index (χ4v) is 2.90. The van der Waals surface area contributed by atoms with Crippen molar-refractivity contribution in [3.63, 3.8) is 0 Å². The molecule has 18 heavy (non-hydrogen) atoms. The van der Waals surface area contributed by atoms with Gasteiger partial charge in [-0.25, -0.2) is 0 Å². The summed E-state index contributed by atoms with van der Waals surface area (Å²) in [5, 5.41) is 7.81. The van der Waals surface area contributed by atoms with E-state index in [0.29, 0.717) is 13.1 Å². The van der Waals surface area contributed by atoms with Crippen LogP contribution in [-0.2, 0) is 17.9 Å². The summed E-state index contributed by atoms with van der Waals surface area (Å²) in [5.41, 5.74) is 1.79. The number of nitrogens with zero attached hydrogens (tertiary/aromatic N) is 2. The van der Waals surface area contributed by atoms with Crippen LogP contribution >= 0.6 is 27.3 Å². The van der Waals surface area contributed by atoms with E-state index in [4.69, 9.17) is 4.52 Å². The highest BCUT2D eigenvalue weighted by atomic mass is 79.9. The number of halogens is 1. The van der Waals surface area contributed by atoms with E-state index in [0.717, 1.165) is 15.7 Å². The zero-order valence-corrected chi connectivity index (χ0v) is 11.9. The van der Waals surface area contributed by atoms with Gasteiger partial charge in [-0.1, -0.05) is 11.7 Å². The lowest BCUT2D eigenvalue weighted by molar-refractivity contribution is -0.127. The molecule has 6 heteroatoms. The van der Waals surface area contributed by atoms with Crippen LogP contribution in [0.4, 0.5) is 0 Å². The first-order chi connectivity index (χ1) is 8.70. The number of rotatable bonds is 5. The second-order valence-electron chi connectivity index (χ2n) is 3.63. The molecule has 0 aromatic carbocycles. The van der Waals surface area contributed by atoms with E-state index in [1.165, 1.54) is 12.3 Å². The first-order valence-corrected chi connectivity index (χ1v) is 6.95. The third-order valence-electron chi connectivity index (χ3n) is 2.38. The molecule has 0 bridgehead atoms. The van der Waals surface area contributed by atoms with Gasteiger partial charge in [-0.2, -0.15) is 11.3 Å².